The van der Waals surface area contributed by atoms with Gasteiger partial charge in [0.25, 0.3) is 0 Å². The van der Waals surface area contributed by atoms with E-state index in [-0.39, 0.29) is 0 Å². The first-order valence-corrected chi connectivity index (χ1v) is 18.4. The Labute approximate surface area is 216 Å². The third-order valence-corrected chi connectivity index (χ3v) is 22.2. The molecule has 0 rings (SSSR count). The van der Waals surface area contributed by atoms with Crippen LogP contribution in [-0.4, -0.2) is 46.1 Å². The summed E-state index contributed by atoms with van der Waals surface area (Å²) in [5, 5.41) is -4.39. The summed E-state index contributed by atoms with van der Waals surface area (Å²) in [6.45, 7) is 33.6. The van der Waals surface area contributed by atoms with Crippen LogP contribution in [0.15, 0.2) is 0 Å². The number of hydrogen-bond donors (Lipinski definition) is 0. The molecule has 0 saturated carbocycles. The van der Waals surface area contributed by atoms with Crippen molar-refractivity contribution in [1.29, 1.82) is 0 Å². The Bertz CT molecular complexity index is 688. The zero-order chi connectivity index (χ0) is 28.2. The van der Waals surface area contributed by atoms with E-state index in [0.29, 0.717) is 0 Å². The van der Waals surface area contributed by atoms with Crippen LogP contribution in [0, 0.1) is 0 Å². The van der Waals surface area contributed by atoms with Crippen LogP contribution in [0.2, 0.25) is 0 Å². The third-order valence-electron chi connectivity index (χ3n) is 6.00. The van der Waals surface area contributed by atoms with E-state index in [1.807, 2.05) is 125 Å². The van der Waals surface area contributed by atoms with Crippen LogP contribution in [0.25, 0.3) is 0 Å². The zero-order valence-electron chi connectivity index (χ0n) is 25.4. The molecule has 0 N–H and O–H groups in total. The van der Waals surface area contributed by atoms with E-state index in [1.165, 1.54) is 0 Å². The van der Waals surface area contributed by atoms with Crippen LogP contribution in [0.5, 0.6) is 0 Å². The standard InChI is InChI=1S/3C8H19O2P.Al/c3*1-7(2,3)11(9,10)8(4,5)6;/h3*1-6H3,(H,9,10);/q;;;+3/p-3. The lowest BCUT2D eigenvalue weighted by molar-refractivity contribution is 0.269. The number of hydrogen-bond acceptors (Lipinski definition) is 6. The molecule has 0 aromatic rings. The average molecular weight is 559 g/mol. The van der Waals surface area contributed by atoms with E-state index in [2.05, 4.69) is 0 Å². The van der Waals surface area contributed by atoms with Gasteiger partial charge < -0.3 is 10.7 Å². The lowest BCUT2D eigenvalue weighted by Crippen LogP contribution is -2.42. The smallest absolute Gasteiger partial charge is 0.404 e. The molecular formula is C24H54AlO6P3. The minimum absolute atomic E-state index is 0.732. The second-order valence-corrected chi connectivity index (χ2v) is 29.8. The van der Waals surface area contributed by atoms with Crippen LogP contribution < -0.4 is 0 Å². The maximum absolute atomic E-state index is 14.5. The number of rotatable bonds is 6. The molecule has 34 heavy (non-hydrogen) atoms. The Kier molecular flexibility index (Phi) is 10.3. The highest BCUT2D eigenvalue weighted by Gasteiger charge is 2.62. The van der Waals surface area contributed by atoms with Gasteiger partial charge in [0.1, 0.15) is 0 Å². The maximum Gasteiger partial charge on any atom is 0.921 e. The fourth-order valence-electron chi connectivity index (χ4n) is 4.39. The fraction of sp³-hybridized carbons (Fsp3) is 1.00. The minimum atomic E-state index is -3.50. The van der Waals surface area contributed by atoms with Gasteiger partial charge in [-0.15, -0.1) is 0 Å². The fourth-order valence-corrected chi connectivity index (χ4v) is 22.4. The second kappa shape index (κ2) is 10.0. The summed E-state index contributed by atoms with van der Waals surface area (Å²) in [4.78, 5) is 0. The Morgan fingerprint density at radius 3 is 0.559 bits per heavy atom. The molecule has 0 aromatic heterocycles. The van der Waals surface area contributed by atoms with Gasteiger partial charge in [-0.25, -0.2) is 0 Å². The summed E-state index contributed by atoms with van der Waals surface area (Å²) in [7, 11) is -10.4. The van der Waals surface area contributed by atoms with Crippen LogP contribution in [0.1, 0.15) is 125 Å². The van der Waals surface area contributed by atoms with Crippen molar-refractivity contribution in [2.24, 2.45) is 0 Å². The lowest BCUT2D eigenvalue weighted by atomic mass is 10.2. The summed E-state index contributed by atoms with van der Waals surface area (Å²) >= 11 is -3.50. The van der Waals surface area contributed by atoms with Crippen molar-refractivity contribution >= 4 is 37.3 Å². The Hall–Kier alpha value is 1.10. The normalized spacial score (nSPS) is 16.1. The highest BCUT2D eigenvalue weighted by atomic mass is 31.2. The molecule has 0 aliphatic heterocycles. The summed E-state index contributed by atoms with van der Waals surface area (Å²) in [6, 6.07) is 0. The van der Waals surface area contributed by atoms with Gasteiger partial charge >= 0.3 is 15.1 Å². The first-order valence-electron chi connectivity index (χ1n) is 12.1. The van der Waals surface area contributed by atoms with Gasteiger partial charge in [-0.1, -0.05) is 125 Å². The van der Waals surface area contributed by atoms with Crippen molar-refractivity contribution in [1.82, 2.24) is 0 Å². The molecule has 0 atom stereocenters. The SMILES string of the molecule is CC(C)(C)P(=O)([O][Al]([O]P(=O)(C(C)(C)C)C(C)(C)C)[O]P(=O)(C(C)(C)C)C(C)(C)C)C(C)(C)C. The van der Waals surface area contributed by atoms with Crippen molar-refractivity contribution in [3.05, 3.63) is 0 Å². The molecule has 0 aliphatic rings. The van der Waals surface area contributed by atoms with E-state index < -0.39 is 68.2 Å². The molecule has 0 heterocycles. The molecule has 0 aromatic carbocycles. The van der Waals surface area contributed by atoms with Crippen LogP contribution in [0.3, 0.4) is 0 Å². The van der Waals surface area contributed by atoms with Gasteiger partial charge in [-0.2, -0.15) is 0 Å². The Balaban J connectivity index is 7.16. The highest BCUT2D eigenvalue weighted by molar-refractivity contribution is 7.66. The predicted molar refractivity (Wildman–Crippen MR) is 150 cm³/mol. The van der Waals surface area contributed by atoms with Crippen molar-refractivity contribution in [2.45, 2.75) is 156 Å². The van der Waals surface area contributed by atoms with Crippen LogP contribution in [0.4, 0.5) is 0 Å². The maximum atomic E-state index is 14.5. The quantitative estimate of drug-likeness (QED) is 0.239. The lowest BCUT2D eigenvalue weighted by Gasteiger charge is -2.47. The summed E-state index contributed by atoms with van der Waals surface area (Å²) in [6.07, 6.45) is 0. The van der Waals surface area contributed by atoms with Gasteiger partial charge in [0.2, 0.25) is 0 Å². The van der Waals surface area contributed by atoms with Gasteiger partial charge in [-0.3, -0.25) is 13.7 Å². The molecule has 10 heteroatoms. The highest BCUT2D eigenvalue weighted by Crippen LogP contribution is 2.74. The predicted octanol–water partition coefficient (Wildman–Crippen LogP) is 9.65. The van der Waals surface area contributed by atoms with Gasteiger partial charge in [0.05, 0.1) is 0 Å². The largest absolute Gasteiger partial charge is 0.921 e. The molecule has 6 nitrogen and oxygen atoms in total. The summed E-state index contributed by atoms with van der Waals surface area (Å²) in [5.41, 5.74) is 0. The topological polar surface area (TPSA) is 78.9 Å². The van der Waals surface area contributed by atoms with Crippen molar-refractivity contribution in [3.8, 4) is 0 Å². The van der Waals surface area contributed by atoms with Crippen molar-refractivity contribution < 1.29 is 24.4 Å². The van der Waals surface area contributed by atoms with Crippen molar-refractivity contribution in [2.75, 3.05) is 0 Å². The van der Waals surface area contributed by atoms with E-state index in [0.717, 1.165) is 0 Å². The Morgan fingerprint density at radius 1 is 0.353 bits per heavy atom. The first kappa shape index (κ1) is 35.1. The molecule has 0 unspecified atom stereocenters. The van der Waals surface area contributed by atoms with Crippen molar-refractivity contribution in [3.63, 3.8) is 0 Å². The molecule has 0 aliphatic carbocycles. The van der Waals surface area contributed by atoms with Crippen LogP contribution >= 0.6 is 22.1 Å². The van der Waals surface area contributed by atoms with E-state index in [1.54, 1.807) is 0 Å². The van der Waals surface area contributed by atoms with E-state index >= 15 is 0 Å². The average Bonchev–Trinajstić information content (AvgIpc) is 2.47. The van der Waals surface area contributed by atoms with Gasteiger partial charge in [-0.05, 0) is 0 Å². The molecule has 0 fully saturated rings. The molecule has 0 saturated heterocycles. The monoisotopic (exact) mass is 558 g/mol. The second-order valence-electron chi connectivity index (χ2n) is 15.3. The molecular weight excluding hydrogens is 504 g/mol. The molecule has 0 bridgehead atoms. The molecule has 0 amide bonds. The molecule has 0 radical (unpaired) electrons. The van der Waals surface area contributed by atoms with E-state index in [4.69, 9.17) is 10.7 Å². The van der Waals surface area contributed by atoms with Gasteiger partial charge in [0, 0.05) is 30.9 Å². The first-order chi connectivity index (χ1) is 14.3. The molecule has 0 spiro atoms. The van der Waals surface area contributed by atoms with E-state index in [9.17, 15) is 13.7 Å². The Morgan fingerprint density at radius 2 is 0.471 bits per heavy atom. The van der Waals surface area contributed by atoms with Gasteiger partial charge in [0.15, 0.2) is 22.1 Å². The zero-order valence-corrected chi connectivity index (χ0v) is 29.2. The third kappa shape index (κ3) is 6.94. The molecule has 204 valence electrons. The summed E-state index contributed by atoms with van der Waals surface area (Å²) in [5.74, 6) is 0. The van der Waals surface area contributed by atoms with Crippen LogP contribution in [-0.2, 0) is 24.4 Å². The minimum Gasteiger partial charge on any atom is -0.404 e. The summed E-state index contributed by atoms with van der Waals surface area (Å²) < 4.78 is 62.9.